The highest BCUT2D eigenvalue weighted by molar-refractivity contribution is 7.89. The minimum Gasteiger partial charge on any atom is -0.476 e. The lowest BCUT2D eigenvalue weighted by molar-refractivity contribution is -0.120. The van der Waals surface area contributed by atoms with Gasteiger partial charge in [0.05, 0.1) is 25.5 Å². The number of amides is 2. The monoisotopic (exact) mass is 508 g/mol. The van der Waals surface area contributed by atoms with Crippen LogP contribution >= 0.6 is 0 Å². The zero-order valence-corrected chi connectivity index (χ0v) is 20.7. The third kappa shape index (κ3) is 5.36. The molecule has 0 spiro atoms. The van der Waals surface area contributed by atoms with Crippen molar-refractivity contribution in [2.75, 3.05) is 57.3 Å². The second-order valence-electron chi connectivity index (χ2n) is 9.98. The van der Waals surface area contributed by atoms with Crippen molar-refractivity contribution in [2.45, 2.75) is 43.5 Å². The summed E-state index contributed by atoms with van der Waals surface area (Å²) in [4.78, 5) is 36.7. The summed E-state index contributed by atoms with van der Waals surface area (Å²) >= 11 is 0. The summed E-state index contributed by atoms with van der Waals surface area (Å²) < 4.78 is 37.7. The van der Waals surface area contributed by atoms with Gasteiger partial charge >= 0.3 is 6.09 Å². The Morgan fingerprint density at radius 3 is 2.46 bits per heavy atom. The van der Waals surface area contributed by atoms with Crippen molar-refractivity contribution in [1.82, 2.24) is 24.5 Å². The molecule has 0 unspecified atom stereocenters. The predicted octanol–water partition coefficient (Wildman–Crippen LogP) is 0.207. The molecule has 5 rings (SSSR count). The van der Waals surface area contributed by atoms with Crippen LogP contribution in [0.25, 0.3) is 0 Å². The molecule has 0 aromatic carbocycles. The largest absolute Gasteiger partial charge is 0.476 e. The number of sulfonamides is 1. The van der Waals surface area contributed by atoms with Crippen LogP contribution in [0.15, 0.2) is 12.4 Å². The highest BCUT2D eigenvalue weighted by Crippen LogP contribution is 2.39. The number of ether oxygens (including phenoxy) is 2. The molecule has 2 amide bonds. The number of likely N-dealkylation sites (tertiary alicyclic amines) is 1. The van der Waals surface area contributed by atoms with E-state index in [0.29, 0.717) is 50.4 Å². The average Bonchev–Trinajstić information content (AvgIpc) is 3.53. The first kappa shape index (κ1) is 24.2. The Labute approximate surface area is 205 Å². The summed E-state index contributed by atoms with van der Waals surface area (Å²) in [5, 5.41) is 2.50. The Hall–Kier alpha value is -2.51. The third-order valence-electron chi connectivity index (χ3n) is 7.23. The summed E-state index contributed by atoms with van der Waals surface area (Å²) in [7, 11) is -3.46. The summed E-state index contributed by atoms with van der Waals surface area (Å²) in [5.74, 6) is 0.722. The SMILES string of the molecule is CC1(OC(=O)N2CCC(COc3cnc(N4CCN(S(=O)(=O)C5CNC5)CC4=O)cn3)CC2)CC1. The number of piperidine rings is 1. The molecule has 192 valence electrons. The highest BCUT2D eigenvalue weighted by Gasteiger charge is 2.43. The first-order chi connectivity index (χ1) is 16.7. The van der Waals surface area contributed by atoms with E-state index < -0.39 is 15.3 Å². The van der Waals surface area contributed by atoms with Gasteiger partial charge in [-0.25, -0.2) is 23.2 Å². The maximum Gasteiger partial charge on any atom is 0.410 e. The Kier molecular flexibility index (Phi) is 6.57. The molecule has 35 heavy (non-hydrogen) atoms. The minimum absolute atomic E-state index is 0.190. The molecule has 1 aromatic rings. The number of nitrogens with one attached hydrogen (secondary N) is 1. The standard InChI is InChI=1S/C22H32N6O6S/c1-22(4-5-22)34-21(30)26-6-2-16(3-7-26)15-33-19-13-24-18(12-25-19)28-9-8-27(14-20(28)29)35(31,32)17-10-23-11-17/h12-13,16-17,23H,2-11,14-15H2,1H3. The Morgan fingerprint density at radius 2 is 1.89 bits per heavy atom. The number of carbonyl (C=O) groups excluding carboxylic acids is 2. The smallest absolute Gasteiger partial charge is 0.410 e. The molecule has 0 bridgehead atoms. The zero-order valence-electron chi connectivity index (χ0n) is 19.9. The van der Waals surface area contributed by atoms with Crippen LogP contribution in [0.2, 0.25) is 0 Å². The maximum absolute atomic E-state index is 12.6. The predicted molar refractivity (Wildman–Crippen MR) is 125 cm³/mol. The first-order valence-corrected chi connectivity index (χ1v) is 13.7. The van der Waals surface area contributed by atoms with Crippen LogP contribution in [0.5, 0.6) is 5.88 Å². The second-order valence-corrected chi connectivity index (χ2v) is 12.2. The lowest BCUT2D eigenvalue weighted by atomic mass is 9.98. The summed E-state index contributed by atoms with van der Waals surface area (Å²) in [5.41, 5.74) is -0.258. The fourth-order valence-electron chi connectivity index (χ4n) is 4.36. The molecule has 4 heterocycles. The fourth-order valence-corrected chi connectivity index (χ4v) is 6.06. The van der Waals surface area contributed by atoms with Crippen LogP contribution < -0.4 is 15.0 Å². The molecule has 3 saturated heterocycles. The van der Waals surface area contributed by atoms with Crippen molar-refractivity contribution in [1.29, 1.82) is 0 Å². The van der Waals surface area contributed by atoms with Crippen molar-refractivity contribution in [3.8, 4) is 5.88 Å². The second kappa shape index (κ2) is 9.51. The van der Waals surface area contributed by atoms with Gasteiger partial charge in [-0.2, -0.15) is 4.31 Å². The van der Waals surface area contributed by atoms with Crippen LogP contribution in [-0.2, 0) is 19.6 Å². The molecular formula is C22H32N6O6S. The topological polar surface area (TPSA) is 134 Å². The van der Waals surface area contributed by atoms with Gasteiger partial charge in [-0.15, -0.1) is 0 Å². The molecule has 13 heteroatoms. The molecule has 0 atom stereocenters. The fraction of sp³-hybridized carbons (Fsp3) is 0.727. The van der Waals surface area contributed by atoms with Gasteiger partial charge in [0.15, 0.2) is 5.82 Å². The van der Waals surface area contributed by atoms with Crippen molar-refractivity contribution in [3.63, 3.8) is 0 Å². The molecule has 1 aliphatic carbocycles. The molecule has 1 saturated carbocycles. The van der Waals surface area contributed by atoms with E-state index in [1.165, 1.54) is 21.6 Å². The van der Waals surface area contributed by atoms with Crippen molar-refractivity contribution >= 4 is 27.8 Å². The highest BCUT2D eigenvalue weighted by atomic mass is 32.2. The maximum atomic E-state index is 12.6. The summed E-state index contributed by atoms with van der Waals surface area (Å²) in [6.07, 6.45) is 6.27. The number of rotatable bonds is 7. The van der Waals surface area contributed by atoms with E-state index in [0.717, 1.165) is 25.7 Å². The van der Waals surface area contributed by atoms with Crippen molar-refractivity contribution in [2.24, 2.45) is 5.92 Å². The molecule has 1 aromatic heterocycles. The lowest BCUT2D eigenvalue weighted by Gasteiger charge is -2.37. The molecule has 4 fully saturated rings. The van der Waals surface area contributed by atoms with E-state index in [9.17, 15) is 18.0 Å². The molecule has 4 aliphatic rings. The number of anilines is 1. The van der Waals surface area contributed by atoms with Crippen LogP contribution in [-0.4, -0.2) is 103 Å². The zero-order chi connectivity index (χ0) is 24.6. The van der Waals surface area contributed by atoms with Gasteiger partial charge < -0.3 is 19.7 Å². The van der Waals surface area contributed by atoms with E-state index in [1.54, 1.807) is 4.90 Å². The van der Waals surface area contributed by atoms with Crippen molar-refractivity contribution in [3.05, 3.63) is 12.4 Å². The Morgan fingerprint density at radius 1 is 1.14 bits per heavy atom. The van der Waals surface area contributed by atoms with Gasteiger partial charge in [-0.3, -0.25) is 9.69 Å². The average molecular weight is 509 g/mol. The summed E-state index contributed by atoms with van der Waals surface area (Å²) in [6, 6.07) is 0. The van der Waals surface area contributed by atoms with Crippen LogP contribution in [0, 0.1) is 5.92 Å². The molecule has 1 N–H and O–H groups in total. The van der Waals surface area contributed by atoms with Gasteiger partial charge in [-0.05, 0) is 38.5 Å². The van der Waals surface area contributed by atoms with Gasteiger partial charge in [-0.1, -0.05) is 0 Å². The van der Waals surface area contributed by atoms with E-state index in [4.69, 9.17) is 9.47 Å². The number of piperazine rings is 1. The first-order valence-electron chi connectivity index (χ1n) is 12.2. The van der Waals surface area contributed by atoms with Gasteiger partial charge in [0.1, 0.15) is 10.9 Å². The summed E-state index contributed by atoms with van der Waals surface area (Å²) in [6.45, 7) is 4.85. The normalized spacial score (nSPS) is 23.6. The van der Waals surface area contributed by atoms with Crippen molar-refractivity contribution < 1.29 is 27.5 Å². The molecule has 0 radical (unpaired) electrons. The molecular weight excluding hydrogens is 476 g/mol. The molecule has 3 aliphatic heterocycles. The van der Waals surface area contributed by atoms with Crippen LogP contribution in [0.1, 0.15) is 32.6 Å². The van der Waals surface area contributed by atoms with E-state index in [2.05, 4.69) is 15.3 Å². The Bertz CT molecular complexity index is 1050. The minimum atomic E-state index is -3.46. The third-order valence-corrected chi connectivity index (χ3v) is 9.44. The van der Waals surface area contributed by atoms with Gasteiger partial charge in [0.25, 0.3) is 0 Å². The quantitative estimate of drug-likeness (QED) is 0.548. The van der Waals surface area contributed by atoms with Gasteiger partial charge in [0.2, 0.25) is 21.8 Å². The van der Waals surface area contributed by atoms with E-state index >= 15 is 0 Å². The number of aromatic nitrogens is 2. The lowest BCUT2D eigenvalue weighted by Crippen LogP contribution is -2.60. The van der Waals surface area contributed by atoms with Crippen LogP contribution in [0.3, 0.4) is 0 Å². The number of hydrogen-bond donors (Lipinski definition) is 1. The number of hydrogen-bond acceptors (Lipinski definition) is 9. The number of carbonyl (C=O) groups is 2. The molecule has 12 nitrogen and oxygen atoms in total. The number of nitrogens with zero attached hydrogens (tertiary/aromatic N) is 5. The van der Waals surface area contributed by atoms with E-state index in [1.807, 2.05) is 6.92 Å². The van der Waals surface area contributed by atoms with Crippen LogP contribution in [0.4, 0.5) is 10.6 Å². The Balaban J connectivity index is 1.07. The van der Waals surface area contributed by atoms with Gasteiger partial charge in [0, 0.05) is 39.3 Å². The van der Waals surface area contributed by atoms with E-state index in [-0.39, 0.29) is 37.2 Å².